The number of carbonyl (C=O) groups is 3. The molecule has 1 saturated carbocycles. The molecule has 1 N–H and O–H groups in total. The summed E-state index contributed by atoms with van der Waals surface area (Å²) in [5.74, 6) is -0.946. The van der Waals surface area contributed by atoms with E-state index < -0.39 is 0 Å². The lowest BCUT2D eigenvalue weighted by molar-refractivity contribution is -0.143. The molecule has 0 spiro atoms. The molecule has 5 heteroatoms. The van der Waals surface area contributed by atoms with Gasteiger partial charge in [-0.1, -0.05) is 37.1 Å². The lowest BCUT2D eigenvalue weighted by Crippen LogP contribution is -2.41. The number of imide groups is 1. The fourth-order valence-corrected chi connectivity index (χ4v) is 3.81. The predicted octanol–water partition coefficient (Wildman–Crippen LogP) is 1.83. The van der Waals surface area contributed by atoms with Gasteiger partial charge in [-0.2, -0.15) is 0 Å². The summed E-state index contributed by atoms with van der Waals surface area (Å²) >= 11 is 0. The molecule has 1 heterocycles. The van der Waals surface area contributed by atoms with Crippen molar-refractivity contribution >= 4 is 17.7 Å². The van der Waals surface area contributed by atoms with Gasteiger partial charge >= 0.3 is 0 Å². The van der Waals surface area contributed by atoms with Crippen molar-refractivity contribution in [1.82, 2.24) is 10.2 Å². The van der Waals surface area contributed by atoms with Gasteiger partial charge < -0.3 is 5.32 Å². The van der Waals surface area contributed by atoms with E-state index in [1.165, 1.54) is 16.0 Å². The smallest absolute Gasteiger partial charge is 0.240 e. The third-order valence-electron chi connectivity index (χ3n) is 5.21. The second-order valence-corrected chi connectivity index (χ2v) is 6.79. The molecular weight excluding hydrogens is 304 g/mol. The summed E-state index contributed by atoms with van der Waals surface area (Å²) in [6.07, 6.45) is 4.29. The number of likely N-dealkylation sites (tertiary alicyclic amines) is 1. The molecule has 1 aliphatic heterocycles. The quantitative estimate of drug-likeness (QED) is 0.839. The summed E-state index contributed by atoms with van der Waals surface area (Å²) in [5.41, 5.74) is 2.39. The van der Waals surface area contributed by atoms with Crippen molar-refractivity contribution in [2.75, 3.05) is 13.1 Å². The van der Waals surface area contributed by atoms with E-state index in [0.29, 0.717) is 6.54 Å². The third-order valence-corrected chi connectivity index (χ3v) is 5.21. The zero-order valence-corrected chi connectivity index (χ0v) is 14.1. The Kier molecular flexibility index (Phi) is 4.97. The lowest BCUT2D eigenvalue weighted by Gasteiger charge is -2.19. The van der Waals surface area contributed by atoms with E-state index in [4.69, 9.17) is 0 Å². The van der Waals surface area contributed by atoms with Crippen LogP contribution in [0.4, 0.5) is 0 Å². The number of amides is 3. The van der Waals surface area contributed by atoms with Crippen LogP contribution in [-0.4, -0.2) is 35.7 Å². The number of fused-ring (bicyclic) bond motifs is 1. The van der Waals surface area contributed by atoms with E-state index in [1.807, 2.05) is 31.2 Å². The van der Waals surface area contributed by atoms with Crippen molar-refractivity contribution in [3.63, 3.8) is 0 Å². The van der Waals surface area contributed by atoms with Gasteiger partial charge in [0.25, 0.3) is 0 Å². The van der Waals surface area contributed by atoms with E-state index in [0.717, 1.165) is 32.1 Å². The Labute approximate surface area is 142 Å². The normalized spacial score (nSPS) is 23.3. The molecule has 2 atom stereocenters. The number of nitrogens with one attached hydrogen (secondary N) is 1. The van der Waals surface area contributed by atoms with Crippen LogP contribution in [0, 0.1) is 18.8 Å². The Balaban J connectivity index is 1.51. The molecule has 1 aromatic rings. The van der Waals surface area contributed by atoms with Gasteiger partial charge in [-0.05, 0) is 37.3 Å². The average molecular weight is 328 g/mol. The molecule has 0 bridgehead atoms. The highest BCUT2D eigenvalue weighted by molar-refractivity contribution is 6.07. The van der Waals surface area contributed by atoms with Crippen LogP contribution in [0.15, 0.2) is 24.3 Å². The standard InChI is InChI=1S/C19H24N2O3/c1-13-6-2-3-7-14(13)10-11-20-17(22)12-21-18(23)15-8-4-5-9-16(15)19(21)24/h2-3,6-7,15-16H,4-5,8-12H2,1H3,(H,20,22). The van der Waals surface area contributed by atoms with Crippen LogP contribution in [0.1, 0.15) is 36.8 Å². The molecule has 1 saturated heterocycles. The van der Waals surface area contributed by atoms with Gasteiger partial charge in [-0.25, -0.2) is 0 Å². The van der Waals surface area contributed by atoms with Crippen molar-refractivity contribution in [2.45, 2.75) is 39.0 Å². The number of benzene rings is 1. The maximum absolute atomic E-state index is 12.4. The first-order valence-corrected chi connectivity index (χ1v) is 8.74. The van der Waals surface area contributed by atoms with E-state index >= 15 is 0 Å². The van der Waals surface area contributed by atoms with Gasteiger partial charge in [0.1, 0.15) is 6.54 Å². The molecule has 1 aliphatic carbocycles. The second-order valence-electron chi connectivity index (χ2n) is 6.79. The Bertz CT molecular complexity index is 632. The zero-order chi connectivity index (χ0) is 17.1. The largest absolute Gasteiger partial charge is 0.354 e. The summed E-state index contributed by atoms with van der Waals surface area (Å²) < 4.78 is 0. The van der Waals surface area contributed by atoms with Crippen molar-refractivity contribution in [3.05, 3.63) is 35.4 Å². The molecule has 2 unspecified atom stereocenters. The molecule has 5 nitrogen and oxygen atoms in total. The first-order valence-electron chi connectivity index (χ1n) is 8.74. The highest BCUT2D eigenvalue weighted by atomic mass is 16.2. The monoisotopic (exact) mass is 328 g/mol. The van der Waals surface area contributed by atoms with Crippen LogP contribution < -0.4 is 5.32 Å². The molecule has 128 valence electrons. The van der Waals surface area contributed by atoms with Crippen molar-refractivity contribution in [2.24, 2.45) is 11.8 Å². The number of hydrogen-bond donors (Lipinski definition) is 1. The summed E-state index contributed by atoms with van der Waals surface area (Å²) in [4.78, 5) is 38.0. The summed E-state index contributed by atoms with van der Waals surface area (Å²) in [7, 11) is 0. The number of aryl methyl sites for hydroxylation is 1. The van der Waals surface area contributed by atoms with Crippen LogP contribution >= 0.6 is 0 Å². The molecule has 3 amide bonds. The highest BCUT2D eigenvalue weighted by Gasteiger charge is 2.48. The Morgan fingerprint density at radius 3 is 2.38 bits per heavy atom. The van der Waals surface area contributed by atoms with Gasteiger partial charge in [0.2, 0.25) is 17.7 Å². The van der Waals surface area contributed by atoms with Crippen LogP contribution in [0.3, 0.4) is 0 Å². The SMILES string of the molecule is Cc1ccccc1CCNC(=O)CN1C(=O)C2CCCCC2C1=O. The van der Waals surface area contributed by atoms with Crippen LogP contribution in [0.25, 0.3) is 0 Å². The van der Waals surface area contributed by atoms with E-state index in [9.17, 15) is 14.4 Å². The molecule has 24 heavy (non-hydrogen) atoms. The van der Waals surface area contributed by atoms with Crippen molar-refractivity contribution < 1.29 is 14.4 Å². The first kappa shape index (κ1) is 16.7. The fraction of sp³-hybridized carbons (Fsp3) is 0.526. The lowest BCUT2D eigenvalue weighted by atomic mass is 9.81. The van der Waals surface area contributed by atoms with Gasteiger partial charge in [-0.15, -0.1) is 0 Å². The minimum Gasteiger partial charge on any atom is -0.354 e. The number of nitrogens with zero attached hydrogens (tertiary/aromatic N) is 1. The number of carbonyl (C=O) groups excluding carboxylic acids is 3. The third kappa shape index (κ3) is 3.35. The molecule has 2 aliphatic rings. The van der Waals surface area contributed by atoms with E-state index in [1.54, 1.807) is 0 Å². The average Bonchev–Trinajstić information content (AvgIpc) is 2.82. The minimum absolute atomic E-state index is 0.140. The Morgan fingerprint density at radius 2 is 1.75 bits per heavy atom. The Morgan fingerprint density at radius 1 is 1.12 bits per heavy atom. The highest BCUT2D eigenvalue weighted by Crippen LogP contribution is 2.37. The zero-order valence-electron chi connectivity index (χ0n) is 14.1. The maximum Gasteiger partial charge on any atom is 0.240 e. The summed E-state index contributed by atoms with van der Waals surface area (Å²) in [6, 6.07) is 8.05. The molecular formula is C19H24N2O3. The number of hydrogen-bond acceptors (Lipinski definition) is 3. The summed E-state index contributed by atoms with van der Waals surface area (Å²) in [6.45, 7) is 2.41. The maximum atomic E-state index is 12.4. The number of rotatable bonds is 5. The van der Waals surface area contributed by atoms with Gasteiger partial charge in [0.05, 0.1) is 11.8 Å². The molecule has 2 fully saturated rings. The first-order chi connectivity index (χ1) is 11.6. The fourth-order valence-electron chi connectivity index (χ4n) is 3.81. The van der Waals surface area contributed by atoms with Gasteiger partial charge in [-0.3, -0.25) is 19.3 Å². The van der Waals surface area contributed by atoms with Crippen LogP contribution in [0.5, 0.6) is 0 Å². The van der Waals surface area contributed by atoms with Crippen molar-refractivity contribution in [1.29, 1.82) is 0 Å². The Hall–Kier alpha value is -2.17. The van der Waals surface area contributed by atoms with Crippen LogP contribution in [-0.2, 0) is 20.8 Å². The van der Waals surface area contributed by atoms with E-state index in [-0.39, 0.29) is 36.1 Å². The van der Waals surface area contributed by atoms with E-state index in [2.05, 4.69) is 5.32 Å². The molecule has 1 aromatic carbocycles. The van der Waals surface area contributed by atoms with Gasteiger partial charge in [0, 0.05) is 6.54 Å². The molecule has 0 radical (unpaired) electrons. The van der Waals surface area contributed by atoms with Crippen molar-refractivity contribution in [3.8, 4) is 0 Å². The predicted molar refractivity (Wildman–Crippen MR) is 90.1 cm³/mol. The summed E-state index contributed by atoms with van der Waals surface area (Å²) in [5, 5.41) is 2.82. The molecule has 3 rings (SSSR count). The minimum atomic E-state index is -0.260. The van der Waals surface area contributed by atoms with Crippen LogP contribution in [0.2, 0.25) is 0 Å². The topological polar surface area (TPSA) is 66.5 Å². The molecule has 0 aromatic heterocycles. The van der Waals surface area contributed by atoms with Gasteiger partial charge in [0.15, 0.2) is 0 Å². The second kappa shape index (κ2) is 7.16.